The molecule has 0 saturated carbocycles. The highest BCUT2D eigenvalue weighted by atomic mass is 16.6. The monoisotopic (exact) mass is 289 g/mol. The SMILES string of the molecule is CC(CNc1ccc([N+](=O)[O-])c2cnccc12)CC(=O)O. The van der Waals surface area contributed by atoms with Crippen LogP contribution in [0.4, 0.5) is 11.4 Å². The molecule has 1 aromatic heterocycles. The maximum Gasteiger partial charge on any atom is 0.303 e. The zero-order valence-corrected chi connectivity index (χ0v) is 11.4. The first kappa shape index (κ1) is 14.7. The van der Waals surface area contributed by atoms with Crippen LogP contribution in [0.1, 0.15) is 13.3 Å². The summed E-state index contributed by atoms with van der Waals surface area (Å²) in [6.45, 7) is 2.30. The van der Waals surface area contributed by atoms with Gasteiger partial charge in [-0.1, -0.05) is 6.92 Å². The van der Waals surface area contributed by atoms with E-state index in [0.29, 0.717) is 17.3 Å². The van der Waals surface area contributed by atoms with E-state index >= 15 is 0 Å². The molecule has 0 bridgehead atoms. The number of aliphatic carboxylic acids is 1. The second-order valence-corrected chi connectivity index (χ2v) is 4.89. The van der Waals surface area contributed by atoms with Crippen molar-refractivity contribution in [2.24, 2.45) is 5.92 Å². The fourth-order valence-electron chi connectivity index (χ4n) is 2.14. The highest BCUT2D eigenvalue weighted by Crippen LogP contribution is 2.30. The predicted molar refractivity (Wildman–Crippen MR) is 78.3 cm³/mol. The van der Waals surface area contributed by atoms with Crippen molar-refractivity contribution in [3.8, 4) is 0 Å². The minimum atomic E-state index is -0.845. The van der Waals surface area contributed by atoms with E-state index in [1.165, 1.54) is 12.3 Å². The molecule has 110 valence electrons. The number of rotatable bonds is 6. The van der Waals surface area contributed by atoms with E-state index in [0.717, 1.165) is 5.69 Å². The predicted octanol–water partition coefficient (Wildman–Crippen LogP) is 2.67. The van der Waals surface area contributed by atoms with Crippen LogP contribution in [0, 0.1) is 16.0 Å². The molecule has 2 rings (SSSR count). The summed E-state index contributed by atoms with van der Waals surface area (Å²) in [6, 6.07) is 4.76. The van der Waals surface area contributed by atoms with Crippen molar-refractivity contribution in [3.63, 3.8) is 0 Å². The first-order valence-electron chi connectivity index (χ1n) is 6.46. The van der Waals surface area contributed by atoms with Gasteiger partial charge in [0.1, 0.15) is 0 Å². The number of nitro benzene ring substituents is 1. The second kappa shape index (κ2) is 6.17. The van der Waals surface area contributed by atoms with Crippen LogP contribution in [0.15, 0.2) is 30.6 Å². The lowest BCUT2D eigenvalue weighted by atomic mass is 10.1. The molecule has 1 heterocycles. The zero-order valence-electron chi connectivity index (χ0n) is 11.4. The van der Waals surface area contributed by atoms with Crippen molar-refractivity contribution in [1.82, 2.24) is 4.98 Å². The number of nitrogens with one attached hydrogen (secondary N) is 1. The fourth-order valence-corrected chi connectivity index (χ4v) is 2.14. The molecule has 0 spiro atoms. The highest BCUT2D eigenvalue weighted by molar-refractivity contribution is 5.99. The summed E-state index contributed by atoms with van der Waals surface area (Å²) in [4.78, 5) is 25.1. The quantitative estimate of drug-likeness (QED) is 0.625. The molecule has 0 saturated heterocycles. The minimum absolute atomic E-state index is 0.00207. The van der Waals surface area contributed by atoms with Crippen molar-refractivity contribution in [2.45, 2.75) is 13.3 Å². The van der Waals surface area contributed by atoms with Gasteiger partial charge in [-0.2, -0.15) is 0 Å². The van der Waals surface area contributed by atoms with Crippen molar-refractivity contribution in [3.05, 3.63) is 40.7 Å². The molecule has 0 amide bonds. The molecule has 1 atom stereocenters. The minimum Gasteiger partial charge on any atom is -0.481 e. The zero-order chi connectivity index (χ0) is 15.4. The normalized spacial score (nSPS) is 12.0. The number of hydrogen-bond acceptors (Lipinski definition) is 5. The standard InChI is InChI=1S/C14H15N3O4/c1-9(6-14(18)19)7-16-12-2-3-13(17(20)21)11-8-15-5-4-10(11)12/h2-5,8-9,16H,6-7H2,1H3,(H,18,19). The number of aromatic nitrogens is 1. The Morgan fingerprint density at radius 1 is 1.43 bits per heavy atom. The lowest BCUT2D eigenvalue weighted by molar-refractivity contribution is -0.383. The number of non-ortho nitro benzene ring substituents is 1. The van der Waals surface area contributed by atoms with Gasteiger partial charge in [-0.3, -0.25) is 19.9 Å². The van der Waals surface area contributed by atoms with Crippen LogP contribution in [0.2, 0.25) is 0 Å². The van der Waals surface area contributed by atoms with Crippen molar-refractivity contribution < 1.29 is 14.8 Å². The van der Waals surface area contributed by atoms with Gasteiger partial charge in [0.05, 0.1) is 10.3 Å². The molecule has 2 N–H and O–H groups in total. The Morgan fingerprint density at radius 2 is 2.19 bits per heavy atom. The topological polar surface area (TPSA) is 105 Å². The third kappa shape index (κ3) is 3.44. The second-order valence-electron chi connectivity index (χ2n) is 4.89. The van der Waals surface area contributed by atoms with E-state index in [9.17, 15) is 14.9 Å². The average molecular weight is 289 g/mol. The number of carboxylic acids is 1. The molecular weight excluding hydrogens is 274 g/mol. The number of nitrogens with zero attached hydrogens (tertiary/aromatic N) is 2. The number of benzene rings is 1. The van der Waals surface area contributed by atoms with Gasteiger partial charge in [0.2, 0.25) is 0 Å². The Labute approximate surface area is 120 Å². The summed E-state index contributed by atoms with van der Waals surface area (Å²) in [5.41, 5.74) is 0.734. The summed E-state index contributed by atoms with van der Waals surface area (Å²) >= 11 is 0. The molecule has 1 aromatic carbocycles. The van der Waals surface area contributed by atoms with Gasteiger partial charge in [-0.05, 0) is 18.1 Å². The maximum atomic E-state index is 11.0. The molecule has 7 heteroatoms. The third-order valence-corrected chi connectivity index (χ3v) is 3.16. The number of anilines is 1. The van der Waals surface area contributed by atoms with Crippen LogP contribution in [0.25, 0.3) is 10.8 Å². The summed E-state index contributed by atoms with van der Waals surface area (Å²) in [5.74, 6) is -0.892. The first-order valence-corrected chi connectivity index (χ1v) is 6.46. The smallest absolute Gasteiger partial charge is 0.303 e. The maximum absolute atomic E-state index is 11.0. The van der Waals surface area contributed by atoms with Crippen LogP contribution >= 0.6 is 0 Å². The van der Waals surface area contributed by atoms with Crippen molar-refractivity contribution >= 4 is 28.1 Å². The van der Waals surface area contributed by atoms with Crippen LogP contribution in [0.5, 0.6) is 0 Å². The Hall–Kier alpha value is -2.70. The molecule has 0 fully saturated rings. The Morgan fingerprint density at radius 3 is 2.86 bits per heavy atom. The van der Waals surface area contributed by atoms with Gasteiger partial charge in [0.25, 0.3) is 5.69 Å². The largest absolute Gasteiger partial charge is 0.481 e. The summed E-state index contributed by atoms with van der Waals surface area (Å²) < 4.78 is 0. The van der Waals surface area contributed by atoms with Crippen LogP contribution in [0.3, 0.4) is 0 Å². The summed E-state index contributed by atoms with van der Waals surface area (Å²) in [5, 5.41) is 24.0. The van der Waals surface area contributed by atoms with E-state index in [1.807, 2.05) is 6.92 Å². The molecule has 2 aromatic rings. The summed E-state index contributed by atoms with van der Waals surface area (Å²) in [6.07, 6.45) is 3.09. The lowest BCUT2D eigenvalue weighted by Crippen LogP contribution is -2.15. The molecule has 0 aliphatic rings. The van der Waals surface area contributed by atoms with E-state index in [4.69, 9.17) is 5.11 Å². The van der Waals surface area contributed by atoms with Gasteiger partial charge < -0.3 is 10.4 Å². The lowest BCUT2D eigenvalue weighted by Gasteiger charge is -2.13. The van der Waals surface area contributed by atoms with Gasteiger partial charge in [0.15, 0.2) is 0 Å². The summed E-state index contributed by atoms with van der Waals surface area (Å²) in [7, 11) is 0. The first-order chi connectivity index (χ1) is 9.99. The Kier molecular flexibility index (Phi) is 4.32. The number of carboxylic acid groups (broad SMARTS) is 1. The molecule has 7 nitrogen and oxygen atoms in total. The van der Waals surface area contributed by atoms with Gasteiger partial charge in [-0.25, -0.2) is 0 Å². The molecule has 0 aliphatic heterocycles. The molecule has 0 radical (unpaired) electrons. The van der Waals surface area contributed by atoms with E-state index in [1.54, 1.807) is 18.3 Å². The van der Waals surface area contributed by atoms with E-state index < -0.39 is 10.9 Å². The van der Waals surface area contributed by atoms with Crippen LogP contribution < -0.4 is 5.32 Å². The van der Waals surface area contributed by atoms with Crippen LogP contribution in [-0.4, -0.2) is 27.5 Å². The van der Waals surface area contributed by atoms with E-state index in [2.05, 4.69) is 10.3 Å². The molecule has 21 heavy (non-hydrogen) atoms. The number of pyridine rings is 1. The van der Waals surface area contributed by atoms with Gasteiger partial charge in [0, 0.05) is 42.5 Å². The fraction of sp³-hybridized carbons (Fsp3) is 0.286. The van der Waals surface area contributed by atoms with Crippen molar-refractivity contribution in [1.29, 1.82) is 0 Å². The van der Waals surface area contributed by atoms with Gasteiger partial charge >= 0.3 is 5.97 Å². The van der Waals surface area contributed by atoms with Crippen molar-refractivity contribution in [2.75, 3.05) is 11.9 Å². The molecule has 1 unspecified atom stereocenters. The Bertz CT molecular complexity index is 687. The molecular formula is C14H15N3O4. The number of hydrogen-bond donors (Lipinski definition) is 2. The third-order valence-electron chi connectivity index (χ3n) is 3.16. The Balaban J connectivity index is 2.27. The van der Waals surface area contributed by atoms with Gasteiger partial charge in [-0.15, -0.1) is 0 Å². The highest BCUT2D eigenvalue weighted by Gasteiger charge is 2.15. The number of nitro groups is 1. The molecule has 0 aliphatic carbocycles. The number of fused-ring (bicyclic) bond motifs is 1. The van der Waals surface area contributed by atoms with E-state index in [-0.39, 0.29) is 18.0 Å². The number of carbonyl (C=O) groups is 1. The average Bonchev–Trinajstić information content (AvgIpc) is 2.43. The van der Waals surface area contributed by atoms with Crippen LogP contribution in [-0.2, 0) is 4.79 Å².